The zero-order valence-electron chi connectivity index (χ0n) is 12.7. The van der Waals surface area contributed by atoms with E-state index in [9.17, 15) is 0 Å². The number of nitrogens with two attached hydrogens (primary N) is 1. The van der Waals surface area contributed by atoms with Crippen LogP contribution in [0.3, 0.4) is 0 Å². The first-order valence-electron chi connectivity index (χ1n) is 7.91. The van der Waals surface area contributed by atoms with Crippen LogP contribution < -0.4 is 5.73 Å². The highest BCUT2D eigenvalue weighted by molar-refractivity contribution is 5.52. The molecule has 2 heterocycles. The average molecular weight is 274 g/mol. The lowest BCUT2D eigenvalue weighted by Gasteiger charge is -2.43. The number of nitrogens with zero attached hydrogens (tertiary/aromatic N) is 1. The molecular weight excluding hydrogens is 248 g/mol. The highest BCUT2D eigenvalue weighted by Crippen LogP contribution is 2.37. The van der Waals surface area contributed by atoms with Gasteiger partial charge in [-0.25, -0.2) is 0 Å². The maximum Gasteiger partial charge on any atom is 0.0692 e. The van der Waals surface area contributed by atoms with Gasteiger partial charge in [-0.15, -0.1) is 0 Å². The van der Waals surface area contributed by atoms with Crippen LogP contribution in [0, 0.1) is 0 Å². The number of benzene rings is 1. The van der Waals surface area contributed by atoms with E-state index in [0.29, 0.717) is 6.04 Å². The standard InChI is InChI=1S/C17H26N2O/c1-3-17(4-2)10-14(8-9-20-17)19-11-13-6-5-7-16(18)15(13)12-19/h5-7,14H,3-4,8-12,18H2,1-2H3. The van der Waals surface area contributed by atoms with Crippen LogP contribution in [0.15, 0.2) is 18.2 Å². The topological polar surface area (TPSA) is 38.5 Å². The zero-order chi connectivity index (χ0) is 14.2. The molecule has 0 amide bonds. The lowest BCUT2D eigenvalue weighted by Crippen LogP contribution is -2.46. The summed E-state index contributed by atoms with van der Waals surface area (Å²) in [5.74, 6) is 0. The first-order chi connectivity index (χ1) is 9.67. The van der Waals surface area contributed by atoms with E-state index < -0.39 is 0 Å². The third-order valence-corrected chi connectivity index (χ3v) is 5.32. The van der Waals surface area contributed by atoms with Gasteiger partial charge >= 0.3 is 0 Å². The van der Waals surface area contributed by atoms with Crippen molar-refractivity contribution in [3.05, 3.63) is 29.3 Å². The predicted octanol–water partition coefficient (Wildman–Crippen LogP) is 3.32. The summed E-state index contributed by atoms with van der Waals surface area (Å²) in [5.41, 5.74) is 9.93. The molecule has 0 radical (unpaired) electrons. The number of nitrogen functional groups attached to an aromatic ring is 1. The molecule has 1 unspecified atom stereocenters. The van der Waals surface area contributed by atoms with Gasteiger partial charge in [0, 0.05) is 31.4 Å². The van der Waals surface area contributed by atoms with Crippen LogP contribution in [-0.2, 0) is 17.8 Å². The highest BCUT2D eigenvalue weighted by Gasteiger charge is 2.38. The monoisotopic (exact) mass is 274 g/mol. The molecule has 20 heavy (non-hydrogen) atoms. The number of anilines is 1. The first-order valence-corrected chi connectivity index (χ1v) is 7.91. The first kappa shape index (κ1) is 13.9. The van der Waals surface area contributed by atoms with E-state index in [1.54, 1.807) is 0 Å². The fraction of sp³-hybridized carbons (Fsp3) is 0.647. The highest BCUT2D eigenvalue weighted by atomic mass is 16.5. The lowest BCUT2D eigenvalue weighted by molar-refractivity contribution is -0.111. The van der Waals surface area contributed by atoms with Crippen molar-refractivity contribution in [2.24, 2.45) is 0 Å². The van der Waals surface area contributed by atoms with E-state index in [1.165, 1.54) is 11.1 Å². The van der Waals surface area contributed by atoms with Crippen LogP contribution in [0.25, 0.3) is 0 Å². The van der Waals surface area contributed by atoms with Crippen molar-refractivity contribution in [2.75, 3.05) is 12.3 Å². The molecule has 3 nitrogen and oxygen atoms in total. The molecule has 0 spiro atoms. The molecule has 1 aromatic rings. The molecule has 0 saturated carbocycles. The molecule has 0 aliphatic carbocycles. The second-order valence-corrected chi connectivity index (χ2v) is 6.28. The molecular formula is C17H26N2O. The molecule has 1 aromatic carbocycles. The molecule has 2 N–H and O–H groups in total. The van der Waals surface area contributed by atoms with Crippen molar-refractivity contribution in [3.63, 3.8) is 0 Å². The third-order valence-electron chi connectivity index (χ3n) is 5.32. The van der Waals surface area contributed by atoms with Crippen molar-refractivity contribution in [1.82, 2.24) is 4.90 Å². The van der Waals surface area contributed by atoms with E-state index in [-0.39, 0.29) is 5.60 Å². The van der Waals surface area contributed by atoms with Gasteiger partial charge in [-0.2, -0.15) is 0 Å². The van der Waals surface area contributed by atoms with Gasteiger partial charge in [0.1, 0.15) is 0 Å². The van der Waals surface area contributed by atoms with Crippen LogP contribution >= 0.6 is 0 Å². The second-order valence-electron chi connectivity index (χ2n) is 6.28. The number of hydrogen-bond donors (Lipinski definition) is 1. The molecule has 2 aliphatic heterocycles. The quantitative estimate of drug-likeness (QED) is 0.859. The average Bonchev–Trinajstić information content (AvgIpc) is 2.93. The van der Waals surface area contributed by atoms with Crippen LogP contribution in [0.5, 0.6) is 0 Å². The SMILES string of the molecule is CCC1(CC)CC(N2Cc3cccc(N)c3C2)CCO1. The van der Waals surface area contributed by atoms with Crippen molar-refractivity contribution in [2.45, 2.75) is 64.3 Å². The fourth-order valence-corrected chi connectivity index (χ4v) is 3.79. The Labute approximate surface area is 122 Å². The van der Waals surface area contributed by atoms with Crippen LogP contribution in [0.4, 0.5) is 5.69 Å². The van der Waals surface area contributed by atoms with Gasteiger partial charge in [-0.05, 0) is 42.9 Å². The molecule has 1 saturated heterocycles. The van der Waals surface area contributed by atoms with Crippen molar-refractivity contribution in [3.8, 4) is 0 Å². The predicted molar refractivity (Wildman–Crippen MR) is 82.4 cm³/mol. The second kappa shape index (κ2) is 5.38. The van der Waals surface area contributed by atoms with Crippen molar-refractivity contribution >= 4 is 5.69 Å². The summed E-state index contributed by atoms with van der Waals surface area (Å²) in [7, 11) is 0. The van der Waals surface area contributed by atoms with E-state index >= 15 is 0 Å². The Morgan fingerprint density at radius 2 is 2.10 bits per heavy atom. The van der Waals surface area contributed by atoms with Crippen LogP contribution in [-0.4, -0.2) is 23.1 Å². The molecule has 0 bridgehead atoms. The summed E-state index contributed by atoms with van der Waals surface area (Å²) in [6.07, 6.45) is 4.54. The van der Waals surface area contributed by atoms with E-state index in [0.717, 1.165) is 51.1 Å². The summed E-state index contributed by atoms with van der Waals surface area (Å²) in [4.78, 5) is 2.60. The van der Waals surface area contributed by atoms with Crippen LogP contribution in [0.2, 0.25) is 0 Å². The minimum Gasteiger partial charge on any atom is -0.398 e. The number of ether oxygens (including phenoxy) is 1. The van der Waals surface area contributed by atoms with E-state index in [1.807, 2.05) is 6.07 Å². The molecule has 0 aromatic heterocycles. The summed E-state index contributed by atoms with van der Waals surface area (Å²) in [5, 5.41) is 0. The Bertz CT molecular complexity index is 482. The molecule has 110 valence electrons. The minimum absolute atomic E-state index is 0.100. The van der Waals surface area contributed by atoms with Gasteiger partial charge in [0.05, 0.1) is 5.60 Å². The molecule has 2 aliphatic rings. The summed E-state index contributed by atoms with van der Waals surface area (Å²) in [6, 6.07) is 6.95. The molecule has 1 fully saturated rings. The van der Waals surface area contributed by atoms with Gasteiger partial charge < -0.3 is 10.5 Å². The Hall–Kier alpha value is -1.06. The zero-order valence-corrected chi connectivity index (χ0v) is 12.7. The smallest absolute Gasteiger partial charge is 0.0692 e. The summed E-state index contributed by atoms with van der Waals surface area (Å²) < 4.78 is 6.10. The fourth-order valence-electron chi connectivity index (χ4n) is 3.79. The van der Waals surface area contributed by atoms with Crippen molar-refractivity contribution < 1.29 is 4.74 Å². The Balaban J connectivity index is 1.74. The molecule has 3 rings (SSSR count). The van der Waals surface area contributed by atoms with E-state index in [4.69, 9.17) is 10.5 Å². The Morgan fingerprint density at radius 1 is 1.30 bits per heavy atom. The third kappa shape index (κ3) is 2.33. The van der Waals surface area contributed by atoms with Gasteiger partial charge in [0.2, 0.25) is 0 Å². The van der Waals surface area contributed by atoms with E-state index in [2.05, 4.69) is 30.9 Å². The van der Waals surface area contributed by atoms with Gasteiger partial charge in [-0.1, -0.05) is 26.0 Å². The summed E-state index contributed by atoms with van der Waals surface area (Å²) in [6.45, 7) is 7.46. The number of fused-ring (bicyclic) bond motifs is 1. The minimum atomic E-state index is 0.100. The summed E-state index contributed by atoms with van der Waals surface area (Å²) >= 11 is 0. The Kier molecular flexibility index (Phi) is 3.74. The maximum absolute atomic E-state index is 6.12. The molecule has 3 heteroatoms. The van der Waals surface area contributed by atoms with Crippen molar-refractivity contribution in [1.29, 1.82) is 0 Å². The number of hydrogen-bond acceptors (Lipinski definition) is 3. The number of rotatable bonds is 3. The van der Waals surface area contributed by atoms with Gasteiger partial charge in [0.25, 0.3) is 0 Å². The largest absolute Gasteiger partial charge is 0.398 e. The maximum atomic E-state index is 6.12. The molecule has 1 atom stereocenters. The normalized spacial score (nSPS) is 25.6. The van der Waals surface area contributed by atoms with Crippen LogP contribution in [0.1, 0.15) is 50.7 Å². The van der Waals surface area contributed by atoms with Gasteiger partial charge in [-0.3, -0.25) is 4.90 Å². The Morgan fingerprint density at radius 3 is 2.80 bits per heavy atom. The lowest BCUT2D eigenvalue weighted by atomic mass is 9.85. The van der Waals surface area contributed by atoms with Gasteiger partial charge in [0.15, 0.2) is 0 Å².